The van der Waals surface area contributed by atoms with Crippen molar-refractivity contribution in [2.75, 3.05) is 12.3 Å². The van der Waals surface area contributed by atoms with Gasteiger partial charge in [-0.3, -0.25) is 4.79 Å². The Hall–Kier alpha value is -1.71. The average Bonchev–Trinajstić information content (AvgIpc) is 3.15. The molecule has 1 amide bonds. The summed E-state index contributed by atoms with van der Waals surface area (Å²) in [4.78, 5) is 14.4. The summed E-state index contributed by atoms with van der Waals surface area (Å²) >= 11 is 0. The summed E-state index contributed by atoms with van der Waals surface area (Å²) in [6.07, 6.45) is 3.27. The van der Waals surface area contributed by atoms with E-state index in [4.69, 9.17) is 10.5 Å². The number of fused-ring (bicyclic) bond motifs is 1. The number of hydrogen-bond acceptors (Lipinski definition) is 3. The molecule has 1 aliphatic heterocycles. The SMILES string of the molecule is CC(C)Oc1cc2c(cc1N)C(=O)N(C1CC1)CC2. The minimum Gasteiger partial charge on any atom is -0.489 e. The topological polar surface area (TPSA) is 55.6 Å². The first-order valence-corrected chi connectivity index (χ1v) is 6.96. The molecule has 0 atom stereocenters. The molecular formula is C15H20N2O2. The van der Waals surface area contributed by atoms with Gasteiger partial charge in [-0.25, -0.2) is 0 Å². The number of rotatable bonds is 3. The van der Waals surface area contributed by atoms with Crippen LogP contribution >= 0.6 is 0 Å². The van der Waals surface area contributed by atoms with Crippen LogP contribution in [0.15, 0.2) is 12.1 Å². The Morgan fingerprint density at radius 3 is 2.74 bits per heavy atom. The molecule has 0 unspecified atom stereocenters. The van der Waals surface area contributed by atoms with Crippen molar-refractivity contribution in [3.63, 3.8) is 0 Å². The van der Waals surface area contributed by atoms with Crippen molar-refractivity contribution in [2.24, 2.45) is 0 Å². The number of carbonyl (C=O) groups is 1. The molecule has 0 aromatic heterocycles. The Labute approximate surface area is 113 Å². The van der Waals surface area contributed by atoms with Gasteiger partial charge in [-0.05, 0) is 50.8 Å². The highest BCUT2D eigenvalue weighted by Crippen LogP contribution is 2.35. The van der Waals surface area contributed by atoms with Gasteiger partial charge in [0.2, 0.25) is 0 Å². The number of anilines is 1. The Kier molecular flexibility index (Phi) is 2.88. The lowest BCUT2D eigenvalue weighted by atomic mass is 9.97. The number of benzene rings is 1. The Morgan fingerprint density at radius 1 is 1.37 bits per heavy atom. The maximum Gasteiger partial charge on any atom is 0.254 e. The molecule has 1 aromatic carbocycles. The third-order valence-electron chi connectivity index (χ3n) is 3.70. The van der Waals surface area contributed by atoms with Gasteiger partial charge < -0.3 is 15.4 Å². The quantitative estimate of drug-likeness (QED) is 0.848. The van der Waals surface area contributed by atoms with Crippen LogP contribution in [0.3, 0.4) is 0 Å². The Morgan fingerprint density at radius 2 is 2.11 bits per heavy atom. The minimum absolute atomic E-state index is 0.0857. The lowest BCUT2D eigenvalue weighted by Gasteiger charge is -2.29. The zero-order valence-electron chi connectivity index (χ0n) is 11.5. The second-order valence-corrected chi connectivity index (χ2v) is 5.69. The maximum absolute atomic E-state index is 12.4. The van der Waals surface area contributed by atoms with Gasteiger partial charge in [0.25, 0.3) is 5.91 Å². The number of nitrogens with zero attached hydrogens (tertiary/aromatic N) is 1. The lowest BCUT2D eigenvalue weighted by molar-refractivity contribution is 0.0727. The second-order valence-electron chi connectivity index (χ2n) is 5.69. The van der Waals surface area contributed by atoms with Crippen LogP contribution in [0.1, 0.15) is 42.6 Å². The predicted octanol–water partition coefficient (Wildman–Crippen LogP) is 2.22. The molecule has 2 N–H and O–H groups in total. The smallest absolute Gasteiger partial charge is 0.254 e. The molecule has 3 rings (SSSR count). The van der Waals surface area contributed by atoms with Crippen LogP contribution in [0.2, 0.25) is 0 Å². The van der Waals surface area contributed by atoms with Crippen LogP contribution in [0.25, 0.3) is 0 Å². The van der Waals surface area contributed by atoms with E-state index >= 15 is 0 Å². The molecule has 0 radical (unpaired) electrons. The van der Waals surface area contributed by atoms with Gasteiger partial charge in [0.15, 0.2) is 0 Å². The normalized spacial score (nSPS) is 18.7. The van der Waals surface area contributed by atoms with Crippen molar-refractivity contribution in [3.05, 3.63) is 23.3 Å². The summed E-state index contributed by atoms with van der Waals surface area (Å²) in [5.41, 5.74) is 8.37. The highest BCUT2D eigenvalue weighted by Gasteiger charge is 2.36. The van der Waals surface area contributed by atoms with Crippen molar-refractivity contribution < 1.29 is 9.53 Å². The van der Waals surface area contributed by atoms with Crippen LogP contribution in [0.5, 0.6) is 5.75 Å². The molecule has 2 aliphatic rings. The van der Waals surface area contributed by atoms with Gasteiger partial charge in [-0.15, -0.1) is 0 Å². The van der Waals surface area contributed by atoms with Crippen LogP contribution < -0.4 is 10.5 Å². The van der Waals surface area contributed by atoms with E-state index in [1.165, 1.54) is 0 Å². The molecular weight excluding hydrogens is 240 g/mol. The van der Waals surface area contributed by atoms with E-state index in [0.29, 0.717) is 17.5 Å². The average molecular weight is 260 g/mol. The molecule has 102 valence electrons. The van der Waals surface area contributed by atoms with Gasteiger partial charge in [0.1, 0.15) is 5.75 Å². The molecule has 0 bridgehead atoms. The minimum atomic E-state index is 0.0857. The van der Waals surface area contributed by atoms with Crippen LogP contribution in [-0.4, -0.2) is 29.5 Å². The van der Waals surface area contributed by atoms with Crippen molar-refractivity contribution in [2.45, 2.75) is 45.3 Å². The fraction of sp³-hybridized carbons (Fsp3) is 0.533. The van der Waals surface area contributed by atoms with E-state index in [-0.39, 0.29) is 12.0 Å². The zero-order chi connectivity index (χ0) is 13.6. The number of nitrogen functional groups attached to an aromatic ring is 1. The number of carbonyl (C=O) groups excluding carboxylic acids is 1. The first kappa shape index (κ1) is 12.3. The summed E-state index contributed by atoms with van der Waals surface area (Å²) in [7, 11) is 0. The zero-order valence-corrected chi connectivity index (χ0v) is 11.5. The van der Waals surface area contributed by atoms with Gasteiger partial charge in [0, 0.05) is 18.2 Å². The molecule has 4 heteroatoms. The molecule has 0 spiro atoms. The van der Waals surface area contributed by atoms with Crippen molar-refractivity contribution >= 4 is 11.6 Å². The predicted molar refractivity (Wildman–Crippen MR) is 74.4 cm³/mol. The Balaban J connectivity index is 1.92. The summed E-state index contributed by atoms with van der Waals surface area (Å²) in [6.45, 7) is 4.76. The second kappa shape index (κ2) is 4.44. The maximum atomic E-state index is 12.4. The van der Waals surface area contributed by atoms with Crippen molar-refractivity contribution in [3.8, 4) is 5.75 Å². The van der Waals surface area contributed by atoms with Crippen LogP contribution in [-0.2, 0) is 6.42 Å². The highest BCUT2D eigenvalue weighted by molar-refractivity contribution is 5.98. The first-order valence-electron chi connectivity index (χ1n) is 6.96. The van der Waals surface area contributed by atoms with Crippen LogP contribution in [0.4, 0.5) is 5.69 Å². The monoisotopic (exact) mass is 260 g/mol. The Bertz CT molecular complexity index is 521. The first-order chi connectivity index (χ1) is 9.06. The van der Waals surface area contributed by atoms with Crippen molar-refractivity contribution in [1.29, 1.82) is 0 Å². The van der Waals surface area contributed by atoms with E-state index in [0.717, 1.165) is 36.9 Å². The molecule has 0 saturated heterocycles. The number of amides is 1. The van der Waals surface area contributed by atoms with E-state index < -0.39 is 0 Å². The largest absolute Gasteiger partial charge is 0.489 e. The van der Waals surface area contributed by atoms with Gasteiger partial charge in [-0.2, -0.15) is 0 Å². The van der Waals surface area contributed by atoms with E-state index in [2.05, 4.69) is 0 Å². The fourth-order valence-electron chi connectivity index (χ4n) is 2.63. The fourth-order valence-corrected chi connectivity index (χ4v) is 2.63. The van der Waals surface area contributed by atoms with E-state index in [9.17, 15) is 4.79 Å². The number of nitrogens with two attached hydrogens (primary N) is 1. The molecule has 1 fully saturated rings. The number of hydrogen-bond donors (Lipinski definition) is 1. The van der Waals surface area contributed by atoms with Crippen molar-refractivity contribution in [1.82, 2.24) is 4.90 Å². The summed E-state index contributed by atoms with van der Waals surface area (Å²) in [5, 5.41) is 0. The van der Waals surface area contributed by atoms with E-state index in [1.807, 2.05) is 24.8 Å². The summed E-state index contributed by atoms with van der Waals surface area (Å²) < 4.78 is 5.68. The van der Waals surface area contributed by atoms with Crippen LogP contribution in [0, 0.1) is 0 Å². The van der Waals surface area contributed by atoms with Gasteiger partial charge >= 0.3 is 0 Å². The third-order valence-corrected chi connectivity index (χ3v) is 3.70. The molecule has 1 heterocycles. The lowest BCUT2D eigenvalue weighted by Crippen LogP contribution is -2.39. The van der Waals surface area contributed by atoms with E-state index in [1.54, 1.807) is 6.07 Å². The van der Waals surface area contributed by atoms with Gasteiger partial charge in [0.05, 0.1) is 11.8 Å². The molecule has 1 aromatic rings. The summed E-state index contributed by atoms with van der Waals surface area (Å²) in [5.74, 6) is 0.827. The number of ether oxygens (including phenoxy) is 1. The third kappa shape index (κ3) is 2.27. The molecule has 19 heavy (non-hydrogen) atoms. The molecule has 1 saturated carbocycles. The molecule has 1 aliphatic carbocycles. The highest BCUT2D eigenvalue weighted by atomic mass is 16.5. The summed E-state index contributed by atoms with van der Waals surface area (Å²) in [6, 6.07) is 4.19. The molecule has 4 nitrogen and oxygen atoms in total. The standard InChI is InChI=1S/C15H20N2O2/c1-9(2)19-14-7-10-5-6-17(11-3-4-11)15(18)12(10)8-13(14)16/h7-9,11H,3-6,16H2,1-2H3. The van der Waals surface area contributed by atoms with Gasteiger partial charge in [-0.1, -0.05) is 0 Å².